The van der Waals surface area contributed by atoms with Crippen LogP contribution in [0.3, 0.4) is 0 Å². The highest BCUT2D eigenvalue weighted by atomic mass is 35.5. The van der Waals surface area contributed by atoms with Crippen LogP contribution in [0, 0.1) is 0 Å². The zero-order valence-corrected chi connectivity index (χ0v) is 17.5. The molecule has 150 valence electrons. The number of hydrogen-bond donors (Lipinski definition) is 0. The van der Waals surface area contributed by atoms with Crippen molar-refractivity contribution in [3.63, 3.8) is 0 Å². The maximum Gasteiger partial charge on any atom is 0.266 e. The van der Waals surface area contributed by atoms with Gasteiger partial charge in [0.05, 0.1) is 12.0 Å². The van der Waals surface area contributed by atoms with Crippen LogP contribution >= 0.6 is 11.6 Å². The van der Waals surface area contributed by atoms with Crippen LogP contribution < -0.4 is 9.47 Å². The third kappa shape index (κ3) is 4.10. The Morgan fingerprint density at radius 2 is 1.57 bits per heavy atom. The topological polar surface area (TPSA) is 72.9 Å². The van der Waals surface area contributed by atoms with Crippen LogP contribution in [0.25, 0.3) is 0 Å². The minimum Gasteiger partial charge on any atom is -0.497 e. The number of hydrogen-bond acceptors (Lipinski definition) is 5. The fraction of sp³-hybridized carbons (Fsp3) is 0.350. The number of sulfone groups is 1. The van der Waals surface area contributed by atoms with Crippen LogP contribution in [0.1, 0.15) is 13.8 Å². The monoisotopic (exact) mass is 423 g/mol. The van der Waals surface area contributed by atoms with E-state index in [0.717, 1.165) is 0 Å². The number of nitrogens with zero attached hydrogens (tertiary/aromatic N) is 1. The smallest absolute Gasteiger partial charge is 0.266 e. The third-order valence-electron chi connectivity index (χ3n) is 4.66. The summed E-state index contributed by atoms with van der Waals surface area (Å²) in [7, 11) is -1.99. The van der Waals surface area contributed by atoms with Crippen molar-refractivity contribution in [2.75, 3.05) is 20.2 Å². The largest absolute Gasteiger partial charge is 0.497 e. The van der Waals surface area contributed by atoms with Crippen LogP contribution in [0.2, 0.25) is 5.02 Å². The first kappa shape index (κ1) is 20.5. The number of amides is 1. The molecular formula is C20H22ClNO5S. The SMILES string of the molecule is COc1ccc(S(=O)(=O)C2CN(C(=O)C(C)(C)Oc3ccc(Cl)cc3)C2)cc1. The predicted octanol–water partition coefficient (Wildman–Crippen LogP) is 3.19. The van der Waals surface area contributed by atoms with Crippen LogP contribution in [-0.2, 0) is 14.6 Å². The average molecular weight is 424 g/mol. The molecule has 0 aromatic heterocycles. The van der Waals surface area contributed by atoms with Gasteiger partial charge in [-0.05, 0) is 62.4 Å². The fourth-order valence-electron chi connectivity index (χ4n) is 2.98. The summed E-state index contributed by atoms with van der Waals surface area (Å²) in [5, 5.41) is -0.0537. The Hall–Kier alpha value is -2.25. The van der Waals surface area contributed by atoms with Crippen LogP contribution in [-0.4, -0.2) is 50.3 Å². The Balaban J connectivity index is 1.64. The summed E-state index contributed by atoms with van der Waals surface area (Å²) >= 11 is 5.86. The van der Waals surface area contributed by atoms with E-state index in [1.54, 1.807) is 50.2 Å². The molecule has 1 aliphatic heterocycles. The second kappa shape index (κ2) is 7.64. The summed E-state index contributed by atoms with van der Waals surface area (Å²) in [5.74, 6) is 0.847. The lowest BCUT2D eigenvalue weighted by molar-refractivity contribution is -0.148. The van der Waals surface area contributed by atoms with E-state index < -0.39 is 20.7 Å². The molecule has 28 heavy (non-hydrogen) atoms. The summed E-state index contributed by atoms with van der Waals surface area (Å²) in [6.07, 6.45) is 0. The number of carbonyl (C=O) groups excluding carboxylic acids is 1. The number of benzene rings is 2. The molecule has 0 unspecified atom stereocenters. The van der Waals surface area contributed by atoms with E-state index >= 15 is 0 Å². The Bertz CT molecular complexity index is 949. The lowest BCUT2D eigenvalue weighted by atomic mass is 10.0. The van der Waals surface area contributed by atoms with Crippen molar-refractivity contribution in [1.82, 2.24) is 4.90 Å². The Morgan fingerprint density at radius 3 is 2.11 bits per heavy atom. The molecule has 8 heteroatoms. The highest BCUT2D eigenvalue weighted by Gasteiger charge is 2.45. The van der Waals surface area contributed by atoms with Crippen molar-refractivity contribution >= 4 is 27.3 Å². The maximum absolute atomic E-state index is 12.8. The van der Waals surface area contributed by atoms with Crippen LogP contribution in [0.5, 0.6) is 11.5 Å². The van der Waals surface area contributed by atoms with Gasteiger partial charge >= 0.3 is 0 Å². The molecule has 1 aliphatic rings. The molecule has 3 rings (SSSR count). The van der Waals surface area contributed by atoms with E-state index in [1.165, 1.54) is 24.1 Å². The zero-order valence-electron chi connectivity index (χ0n) is 15.9. The van der Waals surface area contributed by atoms with E-state index in [-0.39, 0.29) is 23.9 Å². The molecule has 1 fully saturated rings. The first-order valence-electron chi connectivity index (χ1n) is 8.75. The predicted molar refractivity (Wildman–Crippen MR) is 107 cm³/mol. The van der Waals surface area contributed by atoms with Crippen molar-refractivity contribution < 1.29 is 22.7 Å². The van der Waals surface area contributed by atoms with Gasteiger partial charge in [-0.3, -0.25) is 4.79 Å². The summed E-state index contributed by atoms with van der Waals surface area (Å²) in [4.78, 5) is 14.5. The number of ether oxygens (including phenoxy) is 2. The quantitative estimate of drug-likeness (QED) is 0.713. The van der Waals surface area contributed by atoms with E-state index in [4.69, 9.17) is 21.1 Å². The maximum atomic E-state index is 12.8. The molecule has 0 radical (unpaired) electrons. The minimum absolute atomic E-state index is 0.139. The second-order valence-electron chi connectivity index (χ2n) is 7.12. The van der Waals surface area contributed by atoms with Gasteiger partial charge in [0.25, 0.3) is 5.91 Å². The fourth-order valence-corrected chi connectivity index (χ4v) is 4.76. The Labute approximate surface area is 169 Å². The molecule has 2 aromatic carbocycles. The van der Waals surface area contributed by atoms with Crippen molar-refractivity contribution in [3.8, 4) is 11.5 Å². The zero-order chi connectivity index (χ0) is 20.5. The number of carbonyl (C=O) groups is 1. The number of likely N-dealkylation sites (tertiary alicyclic amines) is 1. The molecule has 1 saturated heterocycles. The molecule has 0 bridgehead atoms. The summed E-state index contributed by atoms with van der Waals surface area (Å²) in [6, 6.07) is 13.0. The number of rotatable bonds is 6. The van der Waals surface area contributed by atoms with E-state index in [0.29, 0.717) is 16.5 Å². The first-order chi connectivity index (χ1) is 13.1. The van der Waals surface area contributed by atoms with Gasteiger partial charge in [-0.15, -0.1) is 0 Å². The number of halogens is 1. The highest BCUT2D eigenvalue weighted by Crippen LogP contribution is 2.29. The van der Waals surface area contributed by atoms with Crippen LogP contribution in [0.15, 0.2) is 53.4 Å². The van der Waals surface area contributed by atoms with E-state index in [1.807, 2.05) is 0 Å². The van der Waals surface area contributed by atoms with Gasteiger partial charge in [-0.1, -0.05) is 11.6 Å². The van der Waals surface area contributed by atoms with Crippen molar-refractivity contribution in [2.45, 2.75) is 29.6 Å². The molecule has 1 heterocycles. The Morgan fingerprint density at radius 1 is 1.04 bits per heavy atom. The van der Waals surface area contributed by atoms with Gasteiger partial charge in [0.15, 0.2) is 15.4 Å². The van der Waals surface area contributed by atoms with Gasteiger partial charge in [0.1, 0.15) is 16.7 Å². The Kier molecular flexibility index (Phi) is 5.59. The molecule has 1 amide bonds. The molecule has 0 N–H and O–H groups in total. The lowest BCUT2D eigenvalue weighted by Gasteiger charge is -2.42. The normalized spacial score (nSPS) is 15.1. The van der Waals surface area contributed by atoms with Gasteiger partial charge < -0.3 is 14.4 Å². The van der Waals surface area contributed by atoms with Crippen molar-refractivity contribution in [1.29, 1.82) is 0 Å². The van der Waals surface area contributed by atoms with Crippen molar-refractivity contribution in [2.24, 2.45) is 0 Å². The molecule has 0 saturated carbocycles. The number of methoxy groups -OCH3 is 1. The lowest BCUT2D eigenvalue weighted by Crippen LogP contribution is -2.62. The van der Waals surface area contributed by atoms with E-state index in [9.17, 15) is 13.2 Å². The molecule has 6 nitrogen and oxygen atoms in total. The standard InChI is InChI=1S/C20H22ClNO5S/c1-20(2,27-16-6-4-14(21)5-7-16)19(23)22-12-18(13-22)28(24,25)17-10-8-15(26-3)9-11-17/h4-11,18H,12-13H2,1-3H3. The van der Waals surface area contributed by atoms with E-state index in [2.05, 4.69) is 0 Å². The average Bonchev–Trinajstić information content (AvgIpc) is 2.62. The molecule has 0 atom stereocenters. The van der Waals surface area contributed by atoms with Gasteiger partial charge in [-0.2, -0.15) is 0 Å². The van der Waals surface area contributed by atoms with Gasteiger partial charge in [-0.25, -0.2) is 8.42 Å². The molecule has 0 spiro atoms. The molecule has 2 aromatic rings. The van der Waals surface area contributed by atoms with Gasteiger partial charge in [0.2, 0.25) is 0 Å². The second-order valence-corrected chi connectivity index (χ2v) is 9.78. The van der Waals surface area contributed by atoms with Crippen LogP contribution in [0.4, 0.5) is 0 Å². The summed E-state index contributed by atoms with van der Waals surface area (Å²) in [6.45, 7) is 3.60. The summed E-state index contributed by atoms with van der Waals surface area (Å²) in [5.41, 5.74) is -1.12. The highest BCUT2D eigenvalue weighted by molar-refractivity contribution is 7.92. The molecular weight excluding hydrogens is 402 g/mol. The van der Waals surface area contributed by atoms with Gasteiger partial charge in [0, 0.05) is 18.1 Å². The summed E-state index contributed by atoms with van der Waals surface area (Å²) < 4.78 is 36.3. The third-order valence-corrected chi connectivity index (χ3v) is 7.02. The minimum atomic E-state index is -3.51. The molecule has 0 aliphatic carbocycles. The van der Waals surface area contributed by atoms with Crippen molar-refractivity contribution in [3.05, 3.63) is 53.6 Å². The first-order valence-corrected chi connectivity index (χ1v) is 10.7.